The molecule has 3 heteroatoms. The molecule has 3 nitrogen and oxygen atoms in total. The summed E-state index contributed by atoms with van der Waals surface area (Å²) in [5.74, 6) is 5.73. The van der Waals surface area contributed by atoms with Gasteiger partial charge < -0.3 is 5.32 Å². The number of nitrogens with two attached hydrogens (primary N) is 1. The van der Waals surface area contributed by atoms with Gasteiger partial charge in [-0.2, -0.15) is 0 Å². The fourth-order valence-electron chi connectivity index (χ4n) is 1.34. The van der Waals surface area contributed by atoms with Gasteiger partial charge in [-0.25, -0.2) is 5.90 Å². The topological polar surface area (TPSA) is 47.3 Å². The van der Waals surface area contributed by atoms with E-state index in [1.54, 1.807) is 0 Å². The van der Waals surface area contributed by atoms with Crippen molar-refractivity contribution in [1.82, 2.24) is 5.32 Å². The molecule has 1 fully saturated rings. The lowest BCUT2D eigenvalue weighted by atomic mass is 9.90. The molecule has 1 aliphatic heterocycles. The Hall–Kier alpha value is -0.120. The zero-order chi connectivity index (χ0) is 7.61. The van der Waals surface area contributed by atoms with Crippen molar-refractivity contribution in [3.63, 3.8) is 0 Å². The van der Waals surface area contributed by atoms with E-state index in [1.807, 2.05) is 13.8 Å². The zero-order valence-electron chi connectivity index (χ0n) is 6.68. The van der Waals surface area contributed by atoms with E-state index in [4.69, 9.17) is 10.7 Å². The minimum atomic E-state index is -0.163. The highest BCUT2D eigenvalue weighted by Gasteiger charge is 2.32. The van der Waals surface area contributed by atoms with Crippen molar-refractivity contribution in [2.45, 2.75) is 25.9 Å². The molecule has 1 aliphatic rings. The van der Waals surface area contributed by atoms with Crippen molar-refractivity contribution >= 4 is 0 Å². The minimum Gasteiger partial charge on any atom is -0.316 e. The normalized spacial score (nSPS) is 27.3. The SMILES string of the molecule is CC(C)(ON)C1CCNC1. The van der Waals surface area contributed by atoms with E-state index < -0.39 is 0 Å². The first-order valence-corrected chi connectivity index (χ1v) is 3.75. The summed E-state index contributed by atoms with van der Waals surface area (Å²) in [6, 6.07) is 0. The Morgan fingerprint density at radius 1 is 1.60 bits per heavy atom. The molecular formula is C7H16N2O. The molecule has 1 unspecified atom stereocenters. The van der Waals surface area contributed by atoms with Gasteiger partial charge in [-0.15, -0.1) is 0 Å². The quantitative estimate of drug-likeness (QED) is 0.547. The summed E-state index contributed by atoms with van der Waals surface area (Å²) in [5.41, 5.74) is -0.163. The van der Waals surface area contributed by atoms with Crippen LogP contribution in [-0.2, 0) is 4.84 Å². The molecule has 0 aromatic heterocycles. The molecule has 0 amide bonds. The summed E-state index contributed by atoms with van der Waals surface area (Å²) in [5, 5.41) is 3.28. The predicted molar refractivity (Wildman–Crippen MR) is 40.3 cm³/mol. The van der Waals surface area contributed by atoms with Gasteiger partial charge in [0, 0.05) is 12.5 Å². The van der Waals surface area contributed by atoms with E-state index in [0.717, 1.165) is 13.1 Å². The van der Waals surface area contributed by atoms with Crippen molar-refractivity contribution in [2.24, 2.45) is 11.8 Å². The molecule has 10 heavy (non-hydrogen) atoms. The van der Waals surface area contributed by atoms with Crippen molar-refractivity contribution in [3.8, 4) is 0 Å². The molecule has 0 bridgehead atoms. The third-order valence-corrected chi connectivity index (χ3v) is 2.35. The van der Waals surface area contributed by atoms with E-state index in [-0.39, 0.29) is 5.60 Å². The van der Waals surface area contributed by atoms with Crippen molar-refractivity contribution in [2.75, 3.05) is 13.1 Å². The van der Waals surface area contributed by atoms with Gasteiger partial charge in [-0.05, 0) is 26.8 Å². The van der Waals surface area contributed by atoms with Gasteiger partial charge in [-0.1, -0.05) is 0 Å². The smallest absolute Gasteiger partial charge is 0.0878 e. The van der Waals surface area contributed by atoms with Crippen LogP contribution in [0.25, 0.3) is 0 Å². The first-order valence-electron chi connectivity index (χ1n) is 3.75. The van der Waals surface area contributed by atoms with Crippen LogP contribution in [0.15, 0.2) is 0 Å². The van der Waals surface area contributed by atoms with Crippen LogP contribution in [-0.4, -0.2) is 18.7 Å². The van der Waals surface area contributed by atoms with E-state index >= 15 is 0 Å². The van der Waals surface area contributed by atoms with Crippen LogP contribution >= 0.6 is 0 Å². The molecule has 1 heterocycles. The van der Waals surface area contributed by atoms with Crippen LogP contribution in [0.4, 0.5) is 0 Å². The highest BCUT2D eigenvalue weighted by atomic mass is 16.6. The van der Waals surface area contributed by atoms with Gasteiger partial charge in [0.05, 0.1) is 5.60 Å². The van der Waals surface area contributed by atoms with E-state index in [0.29, 0.717) is 5.92 Å². The molecule has 0 aliphatic carbocycles. The van der Waals surface area contributed by atoms with Crippen LogP contribution in [0, 0.1) is 5.92 Å². The average molecular weight is 144 g/mol. The Morgan fingerprint density at radius 2 is 2.30 bits per heavy atom. The molecule has 0 aromatic carbocycles. The third kappa shape index (κ3) is 1.48. The Bertz CT molecular complexity index is 108. The third-order valence-electron chi connectivity index (χ3n) is 2.35. The number of nitrogens with one attached hydrogen (secondary N) is 1. The van der Waals surface area contributed by atoms with E-state index in [9.17, 15) is 0 Å². The highest BCUT2D eigenvalue weighted by molar-refractivity contribution is 4.84. The largest absolute Gasteiger partial charge is 0.316 e. The Balaban J connectivity index is 2.45. The summed E-state index contributed by atoms with van der Waals surface area (Å²) in [6.45, 7) is 6.19. The number of rotatable bonds is 2. The van der Waals surface area contributed by atoms with Gasteiger partial charge in [-0.3, -0.25) is 4.84 Å². The standard InChI is InChI=1S/C7H16N2O/c1-7(2,10-8)6-3-4-9-5-6/h6,9H,3-5,8H2,1-2H3. The number of hydrogen-bond acceptors (Lipinski definition) is 3. The average Bonchev–Trinajstić information content (AvgIpc) is 2.38. The van der Waals surface area contributed by atoms with Gasteiger partial charge >= 0.3 is 0 Å². The van der Waals surface area contributed by atoms with Gasteiger partial charge in [0.2, 0.25) is 0 Å². The van der Waals surface area contributed by atoms with Gasteiger partial charge in [0.15, 0.2) is 0 Å². The van der Waals surface area contributed by atoms with Crippen LogP contribution in [0.1, 0.15) is 20.3 Å². The van der Waals surface area contributed by atoms with Crippen molar-refractivity contribution in [1.29, 1.82) is 0 Å². The highest BCUT2D eigenvalue weighted by Crippen LogP contribution is 2.24. The lowest BCUT2D eigenvalue weighted by Gasteiger charge is -2.27. The molecule has 0 radical (unpaired) electrons. The van der Waals surface area contributed by atoms with Gasteiger partial charge in [0.25, 0.3) is 0 Å². The maximum atomic E-state index is 5.16. The van der Waals surface area contributed by atoms with Crippen LogP contribution < -0.4 is 11.2 Å². The zero-order valence-corrected chi connectivity index (χ0v) is 6.68. The monoisotopic (exact) mass is 144 g/mol. The molecular weight excluding hydrogens is 128 g/mol. The summed E-state index contributed by atoms with van der Waals surface area (Å²) in [7, 11) is 0. The molecule has 0 saturated carbocycles. The molecule has 1 atom stereocenters. The second-order valence-electron chi connectivity index (χ2n) is 3.41. The molecule has 0 aromatic rings. The van der Waals surface area contributed by atoms with Crippen LogP contribution in [0.5, 0.6) is 0 Å². The van der Waals surface area contributed by atoms with Crippen LogP contribution in [0.2, 0.25) is 0 Å². The number of hydrogen-bond donors (Lipinski definition) is 2. The summed E-state index contributed by atoms with van der Waals surface area (Å²) < 4.78 is 0. The lowest BCUT2D eigenvalue weighted by Crippen LogP contribution is -2.38. The summed E-state index contributed by atoms with van der Waals surface area (Å²) in [4.78, 5) is 4.88. The Labute approximate surface area is 61.9 Å². The fourth-order valence-corrected chi connectivity index (χ4v) is 1.34. The van der Waals surface area contributed by atoms with Crippen molar-refractivity contribution < 1.29 is 4.84 Å². The van der Waals surface area contributed by atoms with Crippen molar-refractivity contribution in [3.05, 3.63) is 0 Å². The molecule has 0 spiro atoms. The predicted octanol–water partition coefficient (Wildman–Crippen LogP) is 0.265. The maximum Gasteiger partial charge on any atom is 0.0878 e. The summed E-state index contributed by atoms with van der Waals surface area (Å²) >= 11 is 0. The van der Waals surface area contributed by atoms with Gasteiger partial charge in [0.1, 0.15) is 0 Å². The van der Waals surface area contributed by atoms with E-state index in [1.165, 1.54) is 6.42 Å². The fraction of sp³-hybridized carbons (Fsp3) is 1.00. The molecule has 60 valence electrons. The molecule has 1 saturated heterocycles. The van der Waals surface area contributed by atoms with E-state index in [2.05, 4.69) is 5.32 Å². The molecule has 1 rings (SSSR count). The Morgan fingerprint density at radius 3 is 2.70 bits per heavy atom. The lowest BCUT2D eigenvalue weighted by molar-refractivity contribution is -0.0570. The minimum absolute atomic E-state index is 0.163. The molecule has 3 N–H and O–H groups in total. The summed E-state index contributed by atoms with van der Waals surface area (Å²) in [6.07, 6.45) is 1.17. The Kier molecular flexibility index (Phi) is 2.28. The second-order valence-corrected chi connectivity index (χ2v) is 3.41. The first kappa shape index (κ1) is 7.98. The second kappa shape index (κ2) is 2.86. The first-order chi connectivity index (χ1) is 4.67. The maximum absolute atomic E-state index is 5.16. The van der Waals surface area contributed by atoms with Crippen LogP contribution in [0.3, 0.4) is 0 Å².